The highest BCUT2D eigenvalue weighted by Gasteiger charge is 2.10. The molecule has 1 aromatic heterocycles. The van der Waals surface area contributed by atoms with Crippen molar-refractivity contribution in [2.24, 2.45) is 5.84 Å². The number of hydrazine groups is 1. The zero-order valence-electron chi connectivity index (χ0n) is 11.0. The van der Waals surface area contributed by atoms with Crippen molar-refractivity contribution in [3.05, 3.63) is 30.1 Å². The molecule has 0 aliphatic carbocycles. The second-order valence-corrected chi connectivity index (χ2v) is 5.13. The van der Waals surface area contributed by atoms with E-state index in [1.165, 1.54) is 23.9 Å². The molecule has 106 valence electrons. The van der Waals surface area contributed by atoms with Crippen LogP contribution in [0, 0.1) is 5.82 Å². The summed E-state index contributed by atoms with van der Waals surface area (Å²) in [6.07, 6.45) is -0.0632. The van der Waals surface area contributed by atoms with Crippen LogP contribution in [0.2, 0.25) is 0 Å². The molecular formula is C12H14FN5OS. The molecule has 8 heteroatoms. The molecular weight excluding hydrogens is 281 g/mol. The zero-order valence-corrected chi connectivity index (χ0v) is 11.8. The summed E-state index contributed by atoms with van der Waals surface area (Å²) in [6.45, 7) is 3.73. The number of anilines is 1. The third-order valence-corrected chi connectivity index (χ3v) is 2.96. The fourth-order valence-corrected chi connectivity index (χ4v) is 2.06. The smallest absolute Gasteiger partial charge is 0.322 e. The predicted molar refractivity (Wildman–Crippen MR) is 73.9 cm³/mol. The average Bonchev–Trinajstić information content (AvgIpc) is 2.40. The molecule has 6 nitrogen and oxygen atoms in total. The van der Waals surface area contributed by atoms with E-state index in [-0.39, 0.29) is 23.9 Å². The predicted octanol–water partition coefficient (Wildman–Crippen LogP) is 2.23. The molecule has 0 fully saturated rings. The summed E-state index contributed by atoms with van der Waals surface area (Å²) >= 11 is 1.26. The minimum Gasteiger partial charge on any atom is -0.461 e. The Morgan fingerprint density at radius 2 is 1.90 bits per heavy atom. The molecule has 0 atom stereocenters. The fourth-order valence-electron chi connectivity index (χ4n) is 1.32. The van der Waals surface area contributed by atoms with Crippen LogP contribution < -0.4 is 16.0 Å². The number of rotatable bonds is 5. The van der Waals surface area contributed by atoms with Crippen molar-refractivity contribution in [2.45, 2.75) is 30.0 Å². The lowest BCUT2D eigenvalue weighted by atomic mass is 10.4. The Bertz CT molecular complexity index is 579. The molecule has 0 radical (unpaired) electrons. The van der Waals surface area contributed by atoms with Gasteiger partial charge in [0.1, 0.15) is 5.82 Å². The summed E-state index contributed by atoms with van der Waals surface area (Å²) in [5, 5.41) is 0.412. The molecule has 0 amide bonds. The van der Waals surface area contributed by atoms with E-state index in [1.807, 2.05) is 13.8 Å². The first kappa shape index (κ1) is 14.5. The summed E-state index contributed by atoms with van der Waals surface area (Å²) in [5.41, 5.74) is 2.36. The zero-order chi connectivity index (χ0) is 14.5. The van der Waals surface area contributed by atoms with Crippen LogP contribution in [0.25, 0.3) is 0 Å². The first-order valence-corrected chi connectivity index (χ1v) is 6.71. The highest BCUT2D eigenvalue weighted by atomic mass is 32.2. The van der Waals surface area contributed by atoms with Gasteiger partial charge in [-0.05, 0) is 49.9 Å². The minimum atomic E-state index is -0.293. The number of nitrogen functional groups attached to an aromatic ring is 1. The van der Waals surface area contributed by atoms with Crippen molar-refractivity contribution in [1.29, 1.82) is 0 Å². The Hall–Kier alpha value is -1.93. The van der Waals surface area contributed by atoms with Crippen molar-refractivity contribution in [1.82, 2.24) is 15.0 Å². The molecule has 0 saturated carbocycles. The van der Waals surface area contributed by atoms with Crippen LogP contribution in [-0.4, -0.2) is 21.1 Å². The lowest BCUT2D eigenvalue weighted by Crippen LogP contribution is -2.14. The third kappa shape index (κ3) is 4.04. The van der Waals surface area contributed by atoms with Gasteiger partial charge in [-0.25, -0.2) is 10.2 Å². The molecule has 20 heavy (non-hydrogen) atoms. The van der Waals surface area contributed by atoms with Crippen LogP contribution in [0.5, 0.6) is 6.01 Å². The van der Waals surface area contributed by atoms with Crippen molar-refractivity contribution < 1.29 is 9.13 Å². The number of nitrogens with zero attached hydrogens (tertiary/aromatic N) is 3. The Labute approximate surface area is 120 Å². The van der Waals surface area contributed by atoms with Gasteiger partial charge in [0.15, 0.2) is 0 Å². The molecule has 2 rings (SSSR count). The second-order valence-electron chi connectivity index (χ2n) is 4.09. The maximum atomic E-state index is 12.9. The van der Waals surface area contributed by atoms with Gasteiger partial charge < -0.3 is 4.74 Å². The highest BCUT2D eigenvalue weighted by Crippen LogP contribution is 2.26. The first-order valence-electron chi connectivity index (χ1n) is 5.89. The fraction of sp³-hybridized carbons (Fsp3) is 0.250. The van der Waals surface area contributed by atoms with E-state index in [1.54, 1.807) is 12.1 Å². The summed E-state index contributed by atoms with van der Waals surface area (Å²) in [6, 6.07) is 6.21. The van der Waals surface area contributed by atoms with E-state index in [4.69, 9.17) is 10.6 Å². The van der Waals surface area contributed by atoms with Gasteiger partial charge in [0.05, 0.1) is 6.10 Å². The Morgan fingerprint density at radius 1 is 1.20 bits per heavy atom. The number of nitrogens with one attached hydrogen (secondary N) is 1. The topological polar surface area (TPSA) is 86.0 Å². The molecule has 0 bridgehead atoms. The van der Waals surface area contributed by atoms with E-state index < -0.39 is 0 Å². The summed E-state index contributed by atoms with van der Waals surface area (Å²) in [4.78, 5) is 13.1. The van der Waals surface area contributed by atoms with Gasteiger partial charge in [0.25, 0.3) is 0 Å². The Balaban J connectivity index is 2.23. The van der Waals surface area contributed by atoms with E-state index in [2.05, 4.69) is 20.4 Å². The number of aromatic nitrogens is 3. The van der Waals surface area contributed by atoms with Crippen LogP contribution in [0.1, 0.15) is 13.8 Å². The van der Waals surface area contributed by atoms with Crippen LogP contribution >= 0.6 is 11.8 Å². The largest absolute Gasteiger partial charge is 0.461 e. The minimum absolute atomic E-state index is 0.0632. The summed E-state index contributed by atoms with van der Waals surface area (Å²) in [5.74, 6) is 5.23. The Kier molecular flexibility index (Phi) is 4.70. The van der Waals surface area contributed by atoms with Crippen molar-refractivity contribution >= 4 is 17.7 Å². The maximum absolute atomic E-state index is 12.9. The molecule has 3 N–H and O–H groups in total. The van der Waals surface area contributed by atoms with Gasteiger partial charge in [-0.1, -0.05) is 0 Å². The molecule has 0 spiro atoms. The van der Waals surface area contributed by atoms with Crippen molar-refractivity contribution in [3.63, 3.8) is 0 Å². The van der Waals surface area contributed by atoms with E-state index in [9.17, 15) is 4.39 Å². The normalized spacial score (nSPS) is 10.7. The molecule has 0 unspecified atom stereocenters. The van der Waals surface area contributed by atoms with Crippen LogP contribution in [0.15, 0.2) is 34.3 Å². The van der Waals surface area contributed by atoms with Crippen molar-refractivity contribution in [2.75, 3.05) is 5.43 Å². The number of hydrogen-bond donors (Lipinski definition) is 2. The average molecular weight is 295 g/mol. The number of nitrogens with two attached hydrogens (primary N) is 1. The molecule has 1 aromatic carbocycles. The summed E-state index contributed by atoms with van der Waals surface area (Å²) < 4.78 is 18.3. The van der Waals surface area contributed by atoms with Gasteiger partial charge >= 0.3 is 6.01 Å². The Morgan fingerprint density at radius 3 is 2.50 bits per heavy atom. The number of benzene rings is 1. The van der Waals surface area contributed by atoms with Crippen LogP contribution in [0.4, 0.5) is 10.3 Å². The molecule has 0 saturated heterocycles. The van der Waals surface area contributed by atoms with Gasteiger partial charge in [-0.3, -0.25) is 5.43 Å². The van der Waals surface area contributed by atoms with E-state index >= 15 is 0 Å². The first-order chi connectivity index (χ1) is 9.56. The SMILES string of the molecule is CC(C)Oc1nc(NN)nc(Sc2ccc(F)cc2)n1. The molecule has 0 aliphatic rings. The molecule has 0 aliphatic heterocycles. The van der Waals surface area contributed by atoms with Gasteiger partial charge in [-0.15, -0.1) is 0 Å². The molecule has 1 heterocycles. The van der Waals surface area contributed by atoms with E-state index in [0.29, 0.717) is 5.16 Å². The van der Waals surface area contributed by atoms with Gasteiger partial charge in [0.2, 0.25) is 11.1 Å². The standard InChI is InChI=1S/C12H14FN5OS/c1-7(2)19-11-15-10(18-14)16-12(17-11)20-9-5-3-8(13)4-6-9/h3-7H,14H2,1-2H3,(H,15,16,17,18). The quantitative estimate of drug-likeness (QED) is 0.646. The number of halogens is 1. The number of hydrogen-bond acceptors (Lipinski definition) is 7. The highest BCUT2D eigenvalue weighted by molar-refractivity contribution is 7.99. The lowest BCUT2D eigenvalue weighted by molar-refractivity contribution is 0.219. The van der Waals surface area contributed by atoms with Crippen molar-refractivity contribution in [3.8, 4) is 6.01 Å². The van der Waals surface area contributed by atoms with Gasteiger partial charge in [0, 0.05) is 4.90 Å². The second kappa shape index (κ2) is 6.49. The third-order valence-electron chi connectivity index (χ3n) is 2.09. The lowest BCUT2D eigenvalue weighted by Gasteiger charge is -2.09. The van der Waals surface area contributed by atoms with Crippen LogP contribution in [-0.2, 0) is 0 Å². The van der Waals surface area contributed by atoms with Crippen LogP contribution in [0.3, 0.4) is 0 Å². The summed E-state index contributed by atoms with van der Waals surface area (Å²) in [7, 11) is 0. The molecule has 2 aromatic rings. The maximum Gasteiger partial charge on any atom is 0.322 e. The van der Waals surface area contributed by atoms with E-state index in [0.717, 1.165) is 4.90 Å². The monoisotopic (exact) mass is 295 g/mol. The van der Waals surface area contributed by atoms with Gasteiger partial charge in [-0.2, -0.15) is 15.0 Å². The number of ether oxygens (including phenoxy) is 1.